The molecule has 1 N–H and O–H groups in total. The molecule has 0 unspecified atom stereocenters. The van der Waals surface area contributed by atoms with Crippen LogP contribution in [-0.2, 0) is 25.7 Å². The molecule has 0 bridgehead atoms. The molecule has 1 amide bonds. The van der Waals surface area contributed by atoms with E-state index in [1.54, 1.807) is 6.92 Å². The first-order chi connectivity index (χ1) is 11.9. The van der Waals surface area contributed by atoms with Crippen LogP contribution >= 0.6 is 0 Å². The molecule has 11 heteroatoms. The van der Waals surface area contributed by atoms with Gasteiger partial charge in [0, 0.05) is 6.42 Å². The lowest BCUT2D eigenvalue weighted by molar-refractivity contribution is -0.145. The molecular weight excluding hydrogens is 338 g/mol. The lowest BCUT2D eigenvalue weighted by Crippen LogP contribution is -2.42. The van der Waals surface area contributed by atoms with Crippen LogP contribution in [0.5, 0.6) is 0 Å². The number of carbonyl (C=O) groups is 3. The lowest BCUT2D eigenvalue weighted by atomic mass is 10.1. The standard InChI is InChI=1S/C14H17N3O8/c1-3-22-12(19)10(5-4-9(18)6-16-15)17-13(20)23-7-11-8(2)24-14(21)25-11/h6,10H,3-5,7H2,1-2H3,(H,17,20)/t10-/m0/s1. The minimum atomic E-state index is -1.14. The normalized spacial score (nSPS) is 11.1. The Kier molecular flexibility index (Phi) is 7.80. The molecule has 0 saturated carbocycles. The Morgan fingerprint density at radius 2 is 2.04 bits per heavy atom. The molecule has 0 aliphatic rings. The van der Waals surface area contributed by atoms with Gasteiger partial charge >= 0.3 is 24.1 Å². The number of aryl methyl sites for hydroxylation is 1. The summed E-state index contributed by atoms with van der Waals surface area (Å²) < 4.78 is 18.9. The molecule has 1 aromatic rings. The van der Waals surface area contributed by atoms with E-state index in [0.717, 1.165) is 0 Å². The van der Waals surface area contributed by atoms with Gasteiger partial charge in [0.25, 0.3) is 0 Å². The Morgan fingerprint density at radius 3 is 2.60 bits per heavy atom. The molecule has 25 heavy (non-hydrogen) atoms. The second kappa shape index (κ2) is 9.83. The van der Waals surface area contributed by atoms with Gasteiger partial charge in [-0.05, 0) is 20.3 Å². The van der Waals surface area contributed by atoms with Gasteiger partial charge in [0.15, 0.2) is 18.1 Å². The number of nitrogens with one attached hydrogen (secondary N) is 1. The van der Waals surface area contributed by atoms with Crippen LogP contribution in [0.1, 0.15) is 31.3 Å². The van der Waals surface area contributed by atoms with E-state index in [1.807, 2.05) is 0 Å². The fraction of sp³-hybridized carbons (Fsp3) is 0.500. The lowest BCUT2D eigenvalue weighted by Gasteiger charge is -2.16. The summed E-state index contributed by atoms with van der Waals surface area (Å²) in [4.78, 5) is 48.4. The van der Waals surface area contributed by atoms with Crippen LogP contribution < -0.4 is 11.1 Å². The van der Waals surface area contributed by atoms with Crippen molar-refractivity contribution in [3.63, 3.8) is 0 Å². The molecule has 0 spiro atoms. The van der Waals surface area contributed by atoms with E-state index >= 15 is 0 Å². The van der Waals surface area contributed by atoms with E-state index in [9.17, 15) is 19.2 Å². The number of ether oxygens (including phenoxy) is 2. The van der Waals surface area contributed by atoms with E-state index in [2.05, 4.69) is 18.9 Å². The monoisotopic (exact) mass is 355 g/mol. The number of alkyl carbamates (subject to hydrolysis) is 1. The molecule has 0 saturated heterocycles. The highest BCUT2D eigenvalue weighted by Gasteiger charge is 2.24. The summed E-state index contributed by atoms with van der Waals surface area (Å²) in [5, 5.41) is 2.25. The zero-order chi connectivity index (χ0) is 18.8. The fourth-order valence-electron chi connectivity index (χ4n) is 1.73. The minimum absolute atomic E-state index is 0.0298. The van der Waals surface area contributed by atoms with Crippen LogP contribution in [0, 0.1) is 6.92 Å². The van der Waals surface area contributed by atoms with Gasteiger partial charge in [-0.2, -0.15) is 4.79 Å². The van der Waals surface area contributed by atoms with E-state index in [-0.39, 0.29) is 37.6 Å². The zero-order valence-electron chi connectivity index (χ0n) is 13.6. The van der Waals surface area contributed by atoms with Crippen molar-refractivity contribution >= 4 is 24.1 Å². The number of nitrogens with zero attached hydrogens (tertiary/aromatic N) is 2. The Balaban J connectivity index is 2.62. The van der Waals surface area contributed by atoms with Crippen molar-refractivity contribution in [1.29, 1.82) is 0 Å². The molecule has 1 aromatic heterocycles. The first-order valence-corrected chi connectivity index (χ1v) is 7.27. The van der Waals surface area contributed by atoms with Crippen LogP contribution in [-0.4, -0.2) is 41.5 Å². The summed E-state index contributed by atoms with van der Waals surface area (Å²) in [6.45, 7) is 2.74. The predicted octanol–water partition coefficient (Wildman–Crippen LogP) is 0.349. The molecule has 1 atom stereocenters. The number of Topliss-reactive ketones (excluding diaryl/α,β-unsaturated/α-hetero) is 1. The maximum Gasteiger partial charge on any atom is 0.519 e. The summed E-state index contributed by atoms with van der Waals surface area (Å²) >= 11 is 0. The van der Waals surface area contributed by atoms with Crippen molar-refractivity contribution in [2.75, 3.05) is 6.61 Å². The van der Waals surface area contributed by atoms with Gasteiger partial charge in [0.2, 0.25) is 5.78 Å². The summed E-state index contributed by atoms with van der Waals surface area (Å²) in [6.07, 6.45) is -0.545. The quantitative estimate of drug-likeness (QED) is 0.287. The number of carbonyl (C=O) groups excluding carboxylic acids is 3. The highest BCUT2D eigenvalue weighted by Crippen LogP contribution is 2.07. The van der Waals surface area contributed by atoms with Gasteiger partial charge in [-0.3, -0.25) is 4.79 Å². The van der Waals surface area contributed by atoms with Crippen molar-refractivity contribution in [3.8, 4) is 0 Å². The SMILES string of the molecule is CCOC(=O)[C@H](CCC(=O)C=[N+]=[N-])NC(=O)OCc1oc(=O)oc1C. The number of esters is 1. The van der Waals surface area contributed by atoms with Gasteiger partial charge in [-0.15, -0.1) is 0 Å². The number of ketones is 1. The largest absolute Gasteiger partial charge is 0.519 e. The van der Waals surface area contributed by atoms with E-state index in [4.69, 9.17) is 15.0 Å². The van der Waals surface area contributed by atoms with E-state index in [1.165, 1.54) is 6.92 Å². The molecule has 136 valence electrons. The average Bonchev–Trinajstić information content (AvgIpc) is 2.87. The highest BCUT2D eigenvalue weighted by atomic mass is 16.6. The molecule has 0 fully saturated rings. The second-order valence-electron chi connectivity index (χ2n) is 4.71. The van der Waals surface area contributed by atoms with Gasteiger partial charge in [-0.1, -0.05) is 0 Å². The number of amides is 1. The third-order valence-corrected chi connectivity index (χ3v) is 2.91. The molecule has 11 nitrogen and oxygen atoms in total. The van der Waals surface area contributed by atoms with Crippen molar-refractivity contribution < 1.29 is 37.5 Å². The van der Waals surface area contributed by atoms with E-state index in [0.29, 0.717) is 6.21 Å². The molecule has 1 heterocycles. The van der Waals surface area contributed by atoms with Crippen LogP contribution in [0.3, 0.4) is 0 Å². The van der Waals surface area contributed by atoms with Crippen molar-refractivity contribution in [1.82, 2.24) is 5.32 Å². The second-order valence-corrected chi connectivity index (χ2v) is 4.71. The van der Waals surface area contributed by atoms with Gasteiger partial charge < -0.3 is 29.2 Å². The zero-order valence-corrected chi connectivity index (χ0v) is 13.6. The van der Waals surface area contributed by atoms with Crippen molar-refractivity contribution in [2.24, 2.45) is 0 Å². The maximum atomic E-state index is 11.8. The van der Waals surface area contributed by atoms with Gasteiger partial charge in [0.05, 0.1) is 6.61 Å². The van der Waals surface area contributed by atoms with Crippen LogP contribution in [0.15, 0.2) is 13.6 Å². The van der Waals surface area contributed by atoms with Crippen molar-refractivity contribution in [3.05, 3.63) is 27.7 Å². The van der Waals surface area contributed by atoms with Crippen LogP contribution in [0.4, 0.5) is 4.79 Å². The Hall–Kier alpha value is -3.20. The van der Waals surface area contributed by atoms with Crippen LogP contribution in [0.25, 0.3) is 5.53 Å². The summed E-state index contributed by atoms with van der Waals surface area (Å²) in [6, 6.07) is -1.14. The topological polar surface area (TPSA) is 161 Å². The van der Waals surface area contributed by atoms with Gasteiger partial charge in [-0.25, -0.2) is 14.4 Å². The number of hydrogen-bond acceptors (Lipinski definition) is 8. The number of hydrogen-bond donors (Lipinski definition) is 1. The predicted molar refractivity (Wildman–Crippen MR) is 79.6 cm³/mol. The average molecular weight is 355 g/mol. The summed E-state index contributed by atoms with van der Waals surface area (Å²) in [5.74, 6) is -2.03. The Morgan fingerprint density at radius 1 is 1.32 bits per heavy atom. The molecule has 0 radical (unpaired) electrons. The number of rotatable bonds is 9. The third-order valence-electron chi connectivity index (χ3n) is 2.91. The maximum absolute atomic E-state index is 11.8. The van der Waals surface area contributed by atoms with Crippen molar-refractivity contribution in [2.45, 2.75) is 39.3 Å². The molecular formula is C14H17N3O8. The molecule has 0 aliphatic carbocycles. The van der Waals surface area contributed by atoms with E-state index < -0.39 is 29.7 Å². The first-order valence-electron chi connectivity index (χ1n) is 7.27. The fourth-order valence-corrected chi connectivity index (χ4v) is 1.73. The molecule has 1 rings (SSSR count). The molecule has 0 aliphatic heterocycles. The third kappa shape index (κ3) is 6.83. The summed E-state index contributed by atoms with van der Waals surface area (Å²) in [7, 11) is 0. The first kappa shape index (κ1) is 19.8. The molecule has 0 aromatic carbocycles. The smallest absolute Gasteiger partial charge is 0.464 e. The summed E-state index contributed by atoms with van der Waals surface area (Å²) in [5.41, 5.74) is 8.27. The Labute approximate surface area is 141 Å². The van der Waals surface area contributed by atoms with Crippen LogP contribution in [0.2, 0.25) is 0 Å². The Bertz CT molecular complexity index is 729. The minimum Gasteiger partial charge on any atom is -0.464 e. The van der Waals surface area contributed by atoms with Gasteiger partial charge in [0.1, 0.15) is 6.04 Å². The highest BCUT2D eigenvalue weighted by molar-refractivity contribution is 6.25.